The Kier molecular flexibility index (Phi) is 6.42. The first kappa shape index (κ1) is 21.8. The molecule has 0 bridgehead atoms. The lowest BCUT2D eigenvalue weighted by molar-refractivity contribution is -0.384. The van der Waals surface area contributed by atoms with Crippen molar-refractivity contribution in [3.05, 3.63) is 69.3 Å². The Hall–Kier alpha value is -3.37. The molecule has 1 saturated heterocycles. The highest BCUT2D eigenvalue weighted by Gasteiger charge is 2.27. The van der Waals surface area contributed by atoms with Gasteiger partial charge in [-0.2, -0.15) is 4.98 Å². The molecular formula is C21H19ClFN5O4. The van der Waals surface area contributed by atoms with Crippen molar-refractivity contribution in [3.63, 3.8) is 0 Å². The molecule has 2 aromatic carbocycles. The fraction of sp³-hybridized carbons (Fsp3) is 0.286. The van der Waals surface area contributed by atoms with E-state index in [2.05, 4.69) is 15.5 Å². The second-order valence-corrected chi connectivity index (χ2v) is 7.91. The van der Waals surface area contributed by atoms with Gasteiger partial charge < -0.3 is 9.84 Å². The zero-order chi connectivity index (χ0) is 22.7. The first-order valence-electron chi connectivity index (χ1n) is 9.95. The monoisotopic (exact) mass is 459 g/mol. The molecule has 0 saturated carbocycles. The number of nitro groups is 1. The number of hydrogen-bond donors (Lipinski definition) is 1. The molecular weight excluding hydrogens is 441 g/mol. The number of carbonyl (C=O) groups excluding carboxylic acids is 1. The maximum Gasteiger partial charge on any atom is 0.271 e. The van der Waals surface area contributed by atoms with E-state index in [1.807, 2.05) is 4.90 Å². The molecule has 32 heavy (non-hydrogen) atoms. The first-order valence-corrected chi connectivity index (χ1v) is 10.3. The lowest BCUT2D eigenvalue weighted by Gasteiger charge is -2.30. The SMILES string of the molecule is O=C(CN1CCCC(c2nc(-c3ccc(F)cc3)no2)C1)Nc1ccc([N+](=O)[O-])cc1Cl. The number of hydrogen-bond acceptors (Lipinski definition) is 7. The summed E-state index contributed by atoms with van der Waals surface area (Å²) in [5, 5.41) is 17.6. The van der Waals surface area contributed by atoms with Gasteiger partial charge in [0.05, 0.1) is 28.1 Å². The van der Waals surface area contributed by atoms with Gasteiger partial charge in [0.15, 0.2) is 0 Å². The standard InChI is InChI=1S/C21H19ClFN5O4/c22-17-10-16(28(30)31)7-8-18(17)24-19(29)12-27-9-1-2-14(11-27)21-25-20(26-32-21)13-3-5-15(23)6-4-13/h3-8,10,14H,1-2,9,11-12H2,(H,24,29). The van der Waals surface area contributed by atoms with Crippen molar-refractivity contribution in [2.24, 2.45) is 0 Å². The fourth-order valence-corrected chi connectivity index (χ4v) is 3.85. The molecule has 9 nitrogen and oxygen atoms in total. The molecule has 0 aliphatic carbocycles. The number of nitrogens with one attached hydrogen (secondary N) is 1. The number of likely N-dealkylation sites (tertiary alicyclic amines) is 1. The second-order valence-electron chi connectivity index (χ2n) is 7.51. The van der Waals surface area contributed by atoms with Gasteiger partial charge in [-0.1, -0.05) is 16.8 Å². The molecule has 1 N–H and O–H groups in total. The highest BCUT2D eigenvalue weighted by atomic mass is 35.5. The van der Waals surface area contributed by atoms with Gasteiger partial charge in [0.1, 0.15) is 5.82 Å². The fourth-order valence-electron chi connectivity index (χ4n) is 3.63. The molecule has 1 unspecified atom stereocenters. The Morgan fingerprint density at radius 1 is 1.31 bits per heavy atom. The van der Waals surface area contributed by atoms with Gasteiger partial charge in [0.25, 0.3) is 5.69 Å². The predicted octanol–water partition coefficient (Wildman–Crippen LogP) is 4.26. The van der Waals surface area contributed by atoms with Gasteiger partial charge in [-0.3, -0.25) is 19.8 Å². The molecule has 3 aromatic rings. The van der Waals surface area contributed by atoms with Crippen LogP contribution in [0.3, 0.4) is 0 Å². The normalized spacial score (nSPS) is 16.6. The average molecular weight is 460 g/mol. The molecule has 4 rings (SSSR count). The Morgan fingerprint density at radius 3 is 2.81 bits per heavy atom. The molecule has 1 atom stereocenters. The van der Waals surface area contributed by atoms with Crippen LogP contribution in [0.2, 0.25) is 5.02 Å². The summed E-state index contributed by atoms with van der Waals surface area (Å²) >= 11 is 6.04. The maximum absolute atomic E-state index is 13.1. The van der Waals surface area contributed by atoms with Crippen molar-refractivity contribution >= 4 is 28.9 Å². The Bertz CT molecular complexity index is 1140. The molecule has 166 valence electrons. The third kappa shape index (κ3) is 5.09. The minimum Gasteiger partial charge on any atom is -0.339 e. The van der Waals surface area contributed by atoms with E-state index < -0.39 is 4.92 Å². The quantitative estimate of drug-likeness (QED) is 0.432. The predicted molar refractivity (Wildman–Crippen MR) is 115 cm³/mol. The number of nitro benzene ring substituents is 1. The molecule has 0 radical (unpaired) electrons. The van der Waals surface area contributed by atoms with E-state index in [0.29, 0.717) is 29.5 Å². The molecule has 1 aliphatic rings. The minimum absolute atomic E-state index is 0.0267. The minimum atomic E-state index is -0.551. The summed E-state index contributed by atoms with van der Waals surface area (Å²) in [6.07, 6.45) is 1.70. The van der Waals surface area contributed by atoms with Crippen LogP contribution in [0.5, 0.6) is 0 Å². The van der Waals surface area contributed by atoms with Crippen LogP contribution in [0.25, 0.3) is 11.4 Å². The first-order chi connectivity index (χ1) is 15.4. The number of rotatable bonds is 6. The van der Waals surface area contributed by atoms with Crippen LogP contribution in [0.15, 0.2) is 47.0 Å². The molecule has 1 aliphatic heterocycles. The van der Waals surface area contributed by atoms with Crippen LogP contribution < -0.4 is 5.32 Å². The zero-order valence-corrected chi connectivity index (χ0v) is 17.6. The third-order valence-electron chi connectivity index (χ3n) is 5.20. The molecule has 1 aromatic heterocycles. The third-order valence-corrected chi connectivity index (χ3v) is 5.52. The maximum atomic E-state index is 13.1. The smallest absolute Gasteiger partial charge is 0.271 e. The van der Waals surface area contributed by atoms with Gasteiger partial charge in [0, 0.05) is 24.2 Å². The number of carbonyl (C=O) groups is 1. The molecule has 1 fully saturated rings. The van der Waals surface area contributed by atoms with Crippen LogP contribution in [0.1, 0.15) is 24.7 Å². The van der Waals surface area contributed by atoms with Crippen LogP contribution in [-0.4, -0.2) is 45.5 Å². The van der Waals surface area contributed by atoms with E-state index >= 15 is 0 Å². The molecule has 11 heteroatoms. The van der Waals surface area contributed by atoms with E-state index in [9.17, 15) is 19.3 Å². The summed E-state index contributed by atoms with van der Waals surface area (Å²) in [4.78, 5) is 29.2. The lowest BCUT2D eigenvalue weighted by atomic mass is 9.98. The Balaban J connectivity index is 1.36. The van der Waals surface area contributed by atoms with Crippen molar-refractivity contribution in [2.45, 2.75) is 18.8 Å². The van der Waals surface area contributed by atoms with E-state index in [4.69, 9.17) is 16.1 Å². The summed E-state index contributed by atoms with van der Waals surface area (Å²) in [7, 11) is 0. The van der Waals surface area contributed by atoms with Gasteiger partial charge in [-0.05, 0) is 49.7 Å². The van der Waals surface area contributed by atoms with Crippen LogP contribution in [-0.2, 0) is 4.79 Å². The summed E-state index contributed by atoms with van der Waals surface area (Å²) in [6.45, 7) is 1.42. The van der Waals surface area contributed by atoms with Gasteiger partial charge in [-0.25, -0.2) is 4.39 Å². The number of halogens is 2. The van der Waals surface area contributed by atoms with Gasteiger partial charge in [0.2, 0.25) is 17.6 Å². The van der Waals surface area contributed by atoms with E-state index in [0.717, 1.165) is 19.4 Å². The average Bonchev–Trinajstić information content (AvgIpc) is 3.26. The van der Waals surface area contributed by atoms with Crippen molar-refractivity contribution in [1.29, 1.82) is 0 Å². The number of anilines is 1. The number of aromatic nitrogens is 2. The van der Waals surface area contributed by atoms with Crippen molar-refractivity contribution in [2.75, 3.05) is 25.0 Å². The number of amides is 1. The zero-order valence-electron chi connectivity index (χ0n) is 16.8. The topological polar surface area (TPSA) is 114 Å². The Labute approximate surface area is 187 Å². The summed E-state index contributed by atoms with van der Waals surface area (Å²) in [5.74, 6) is 0.226. The summed E-state index contributed by atoms with van der Waals surface area (Å²) < 4.78 is 18.5. The number of nitrogens with zero attached hydrogens (tertiary/aromatic N) is 4. The van der Waals surface area contributed by atoms with Crippen molar-refractivity contribution in [1.82, 2.24) is 15.0 Å². The highest BCUT2D eigenvalue weighted by molar-refractivity contribution is 6.34. The molecule has 2 heterocycles. The number of non-ortho nitro benzene ring substituents is 1. The van der Waals surface area contributed by atoms with Crippen molar-refractivity contribution < 1.29 is 18.6 Å². The molecule has 0 spiro atoms. The highest BCUT2D eigenvalue weighted by Crippen LogP contribution is 2.29. The van der Waals surface area contributed by atoms with Gasteiger partial charge >= 0.3 is 0 Å². The van der Waals surface area contributed by atoms with E-state index in [-0.39, 0.29) is 34.9 Å². The number of piperidine rings is 1. The Morgan fingerprint density at radius 2 is 2.09 bits per heavy atom. The second kappa shape index (κ2) is 9.41. The van der Waals surface area contributed by atoms with Crippen molar-refractivity contribution in [3.8, 4) is 11.4 Å². The van der Waals surface area contributed by atoms with E-state index in [1.54, 1.807) is 12.1 Å². The largest absolute Gasteiger partial charge is 0.339 e. The van der Waals surface area contributed by atoms with Crippen LogP contribution >= 0.6 is 11.6 Å². The lowest BCUT2D eigenvalue weighted by Crippen LogP contribution is -2.39. The van der Waals surface area contributed by atoms with Crippen LogP contribution in [0.4, 0.5) is 15.8 Å². The number of benzene rings is 2. The van der Waals surface area contributed by atoms with Crippen LogP contribution in [0, 0.1) is 15.9 Å². The summed E-state index contributed by atoms with van der Waals surface area (Å²) in [5.41, 5.74) is 0.830. The molecule has 1 amide bonds. The summed E-state index contributed by atoms with van der Waals surface area (Å²) in [6, 6.07) is 9.74. The van der Waals surface area contributed by atoms with E-state index in [1.165, 1.54) is 30.3 Å². The van der Waals surface area contributed by atoms with Gasteiger partial charge in [-0.15, -0.1) is 0 Å².